The first-order valence-corrected chi connectivity index (χ1v) is 6.13. The Morgan fingerprint density at radius 1 is 0.944 bits per heavy atom. The van der Waals surface area contributed by atoms with Crippen LogP contribution >= 0.6 is 0 Å². The number of hydrogen-bond donors (Lipinski definition) is 0. The fourth-order valence-corrected chi connectivity index (χ4v) is 2.19. The van der Waals surface area contributed by atoms with E-state index in [0.29, 0.717) is 0 Å². The predicted molar refractivity (Wildman–Crippen MR) is 77.3 cm³/mol. The number of hydrogen-bond acceptors (Lipinski definition) is 1. The van der Waals surface area contributed by atoms with E-state index in [1.54, 1.807) is 7.11 Å². The van der Waals surface area contributed by atoms with Crippen molar-refractivity contribution >= 4 is 5.76 Å². The molecule has 0 saturated heterocycles. The summed E-state index contributed by atoms with van der Waals surface area (Å²) in [7, 11) is 1.71. The van der Waals surface area contributed by atoms with E-state index < -0.39 is 0 Å². The molecule has 18 heavy (non-hydrogen) atoms. The van der Waals surface area contributed by atoms with E-state index in [2.05, 4.69) is 49.4 Å². The van der Waals surface area contributed by atoms with Gasteiger partial charge in [-0.2, -0.15) is 0 Å². The zero-order valence-corrected chi connectivity index (χ0v) is 11.1. The van der Waals surface area contributed by atoms with Crippen molar-refractivity contribution in [1.82, 2.24) is 0 Å². The Bertz CT molecular complexity index is 567. The maximum atomic E-state index is 5.45. The van der Waals surface area contributed by atoms with Gasteiger partial charge in [0.25, 0.3) is 0 Å². The van der Waals surface area contributed by atoms with Crippen LogP contribution in [0, 0.1) is 6.92 Å². The first kappa shape index (κ1) is 12.4. The van der Waals surface area contributed by atoms with Gasteiger partial charge in [0, 0.05) is 5.56 Å². The molecule has 1 nitrogen and oxygen atoms in total. The minimum absolute atomic E-state index is 0.911. The Balaban J connectivity index is 2.62. The van der Waals surface area contributed by atoms with Crippen LogP contribution in [0.4, 0.5) is 0 Å². The lowest BCUT2D eigenvalue weighted by Crippen LogP contribution is -1.92. The summed E-state index contributed by atoms with van der Waals surface area (Å²) < 4.78 is 5.45. The van der Waals surface area contributed by atoms with Gasteiger partial charge in [-0.1, -0.05) is 48.5 Å². The number of methoxy groups -OCH3 is 1. The molecule has 2 rings (SSSR count). The van der Waals surface area contributed by atoms with Crippen molar-refractivity contribution in [2.45, 2.75) is 13.8 Å². The number of benzene rings is 2. The average Bonchev–Trinajstić information content (AvgIpc) is 2.41. The average molecular weight is 238 g/mol. The summed E-state index contributed by atoms with van der Waals surface area (Å²) >= 11 is 0. The van der Waals surface area contributed by atoms with Crippen molar-refractivity contribution in [2.75, 3.05) is 7.11 Å². The first-order chi connectivity index (χ1) is 8.77. The zero-order valence-electron chi connectivity index (χ0n) is 11.1. The molecular formula is C17H18O. The van der Waals surface area contributed by atoms with Crippen molar-refractivity contribution in [3.05, 3.63) is 65.7 Å². The fourth-order valence-electron chi connectivity index (χ4n) is 2.19. The molecule has 0 bridgehead atoms. The highest BCUT2D eigenvalue weighted by Crippen LogP contribution is 2.31. The highest BCUT2D eigenvalue weighted by atomic mass is 16.5. The number of aryl methyl sites for hydroxylation is 1. The van der Waals surface area contributed by atoms with Crippen LogP contribution in [-0.2, 0) is 4.74 Å². The molecule has 2 aromatic carbocycles. The predicted octanol–water partition coefficient (Wildman–Crippen LogP) is 4.67. The standard InChI is InChI=1S/C17H18O/c1-4-17(18-3)16-12-8-7-11-15(16)14-10-6-5-9-13(14)2/h4-12H,1-3H3/b17-4+. The van der Waals surface area contributed by atoms with Crippen molar-refractivity contribution in [1.29, 1.82) is 0 Å². The summed E-state index contributed by atoms with van der Waals surface area (Å²) in [6, 6.07) is 16.8. The smallest absolute Gasteiger partial charge is 0.122 e. The summed E-state index contributed by atoms with van der Waals surface area (Å²) in [6.07, 6.45) is 2.00. The van der Waals surface area contributed by atoms with Gasteiger partial charge in [-0.15, -0.1) is 0 Å². The van der Waals surface area contributed by atoms with Gasteiger partial charge in [0.15, 0.2) is 0 Å². The highest BCUT2D eigenvalue weighted by Gasteiger charge is 2.10. The lowest BCUT2D eigenvalue weighted by Gasteiger charge is -2.13. The normalized spacial score (nSPS) is 11.4. The molecule has 0 aliphatic rings. The van der Waals surface area contributed by atoms with E-state index >= 15 is 0 Å². The number of ether oxygens (including phenoxy) is 1. The largest absolute Gasteiger partial charge is 0.496 e. The Morgan fingerprint density at radius 2 is 1.56 bits per heavy atom. The van der Waals surface area contributed by atoms with E-state index in [9.17, 15) is 0 Å². The van der Waals surface area contributed by atoms with E-state index in [4.69, 9.17) is 4.74 Å². The number of rotatable bonds is 3. The quantitative estimate of drug-likeness (QED) is 0.706. The molecule has 0 fully saturated rings. The Hall–Kier alpha value is -2.02. The number of allylic oxidation sites excluding steroid dienone is 1. The van der Waals surface area contributed by atoms with Crippen molar-refractivity contribution in [2.24, 2.45) is 0 Å². The molecule has 2 aromatic rings. The van der Waals surface area contributed by atoms with Gasteiger partial charge < -0.3 is 4.74 Å². The lowest BCUT2D eigenvalue weighted by atomic mass is 9.95. The van der Waals surface area contributed by atoms with Gasteiger partial charge in [-0.3, -0.25) is 0 Å². The van der Waals surface area contributed by atoms with Crippen molar-refractivity contribution in [3.63, 3.8) is 0 Å². The van der Waals surface area contributed by atoms with Crippen LogP contribution in [0.2, 0.25) is 0 Å². The molecule has 1 heteroatoms. The molecule has 0 saturated carbocycles. The SMILES string of the molecule is C/C=C(/OC)c1ccccc1-c1ccccc1C. The second-order valence-corrected chi connectivity index (χ2v) is 4.22. The summed E-state index contributed by atoms with van der Waals surface area (Å²) in [5.41, 5.74) is 4.88. The van der Waals surface area contributed by atoms with Crippen LogP contribution < -0.4 is 0 Å². The van der Waals surface area contributed by atoms with E-state index in [0.717, 1.165) is 11.3 Å². The van der Waals surface area contributed by atoms with E-state index in [1.807, 2.05) is 19.1 Å². The van der Waals surface area contributed by atoms with Gasteiger partial charge in [0.05, 0.1) is 7.11 Å². The summed E-state index contributed by atoms with van der Waals surface area (Å²) in [5, 5.41) is 0. The van der Waals surface area contributed by atoms with Crippen LogP contribution in [0.5, 0.6) is 0 Å². The molecule has 0 radical (unpaired) electrons. The van der Waals surface area contributed by atoms with Gasteiger partial charge >= 0.3 is 0 Å². The minimum atomic E-state index is 0.911. The van der Waals surface area contributed by atoms with E-state index in [1.165, 1.54) is 16.7 Å². The first-order valence-electron chi connectivity index (χ1n) is 6.13. The summed E-state index contributed by atoms with van der Waals surface area (Å²) in [4.78, 5) is 0. The third kappa shape index (κ3) is 2.30. The van der Waals surface area contributed by atoms with Gasteiger partial charge in [-0.25, -0.2) is 0 Å². The maximum absolute atomic E-state index is 5.45. The molecule has 0 heterocycles. The molecule has 0 aliphatic heterocycles. The van der Waals surface area contributed by atoms with Crippen molar-refractivity contribution in [3.8, 4) is 11.1 Å². The second kappa shape index (κ2) is 5.54. The third-order valence-corrected chi connectivity index (χ3v) is 3.11. The summed E-state index contributed by atoms with van der Waals surface area (Å²) in [5.74, 6) is 0.911. The molecule has 0 N–H and O–H groups in total. The molecule has 92 valence electrons. The van der Waals surface area contributed by atoms with Crippen molar-refractivity contribution < 1.29 is 4.74 Å². The van der Waals surface area contributed by atoms with Gasteiger partial charge in [0.2, 0.25) is 0 Å². The lowest BCUT2D eigenvalue weighted by molar-refractivity contribution is 0.369. The topological polar surface area (TPSA) is 9.23 Å². The molecule has 0 aliphatic carbocycles. The van der Waals surface area contributed by atoms with Gasteiger partial charge in [-0.05, 0) is 36.6 Å². The fraction of sp³-hybridized carbons (Fsp3) is 0.176. The molecular weight excluding hydrogens is 220 g/mol. The molecule has 0 amide bonds. The molecule has 0 atom stereocenters. The Labute approximate surface area is 109 Å². The minimum Gasteiger partial charge on any atom is -0.496 e. The summed E-state index contributed by atoms with van der Waals surface area (Å²) in [6.45, 7) is 4.13. The molecule has 0 unspecified atom stereocenters. The highest BCUT2D eigenvalue weighted by molar-refractivity contribution is 5.80. The second-order valence-electron chi connectivity index (χ2n) is 4.22. The molecule has 0 aromatic heterocycles. The van der Waals surface area contributed by atoms with E-state index in [-0.39, 0.29) is 0 Å². The van der Waals surface area contributed by atoms with Crippen LogP contribution in [0.25, 0.3) is 16.9 Å². The van der Waals surface area contributed by atoms with Gasteiger partial charge in [0.1, 0.15) is 5.76 Å². The maximum Gasteiger partial charge on any atom is 0.122 e. The van der Waals surface area contributed by atoms with Crippen LogP contribution in [0.15, 0.2) is 54.6 Å². The molecule has 0 spiro atoms. The van der Waals surface area contributed by atoms with Crippen LogP contribution in [0.1, 0.15) is 18.1 Å². The zero-order chi connectivity index (χ0) is 13.0. The Kier molecular flexibility index (Phi) is 3.83. The third-order valence-electron chi connectivity index (χ3n) is 3.11. The van der Waals surface area contributed by atoms with Crippen LogP contribution in [-0.4, -0.2) is 7.11 Å². The monoisotopic (exact) mass is 238 g/mol. The Morgan fingerprint density at radius 3 is 2.17 bits per heavy atom. The van der Waals surface area contributed by atoms with Crippen LogP contribution in [0.3, 0.4) is 0 Å².